The van der Waals surface area contributed by atoms with Crippen LogP contribution in [0.25, 0.3) is 6.08 Å². The van der Waals surface area contributed by atoms with Crippen LogP contribution in [-0.2, 0) is 22.8 Å². The minimum absolute atomic E-state index is 0.163. The number of anilines is 1. The molecule has 5 rings (SSSR count). The Labute approximate surface area is 249 Å². The van der Waals surface area contributed by atoms with E-state index in [1.165, 1.54) is 6.08 Å². The van der Waals surface area contributed by atoms with Crippen LogP contribution in [0.3, 0.4) is 0 Å². The number of amides is 4. The Morgan fingerprint density at radius 3 is 2.09 bits per heavy atom. The molecule has 9 nitrogen and oxygen atoms in total. The van der Waals surface area contributed by atoms with Crippen LogP contribution in [0.1, 0.15) is 23.6 Å². The highest BCUT2D eigenvalue weighted by Crippen LogP contribution is 2.30. The summed E-state index contributed by atoms with van der Waals surface area (Å²) in [6, 6.07) is 28.1. The zero-order chi connectivity index (χ0) is 30.2. The van der Waals surface area contributed by atoms with E-state index in [9.17, 15) is 14.4 Å². The molecule has 0 aliphatic carbocycles. The smallest absolute Gasteiger partial charge is 0.335 e. The third kappa shape index (κ3) is 7.02. The molecule has 0 unspecified atom stereocenters. The van der Waals surface area contributed by atoms with Crippen molar-refractivity contribution in [2.24, 2.45) is 0 Å². The molecule has 218 valence electrons. The Balaban J connectivity index is 1.23. The minimum Gasteiger partial charge on any atom is -0.494 e. The second-order valence-electron chi connectivity index (χ2n) is 9.50. The molecule has 0 spiro atoms. The number of nitrogens with one attached hydrogen (secondary N) is 1. The van der Waals surface area contributed by atoms with Gasteiger partial charge in [0.25, 0.3) is 11.8 Å². The van der Waals surface area contributed by atoms with Crippen molar-refractivity contribution in [1.82, 2.24) is 5.32 Å². The largest absolute Gasteiger partial charge is 0.494 e. The number of imide groups is 2. The molecule has 0 radical (unpaired) electrons. The van der Waals surface area contributed by atoms with Crippen LogP contribution in [0.4, 0.5) is 10.5 Å². The Kier molecular flexibility index (Phi) is 9.02. The van der Waals surface area contributed by atoms with Crippen LogP contribution < -0.4 is 29.2 Å². The highest BCUT2D eigenvalue weighted by atomic mass is 16.5. The van der Waals surface area contributed by atoms with Gasteiger partial charge in [-0.25, -0.2) is 9.69 Å². The lowest BCUT2D eigenvalue weighted by Crippen LogP contribution is -2.54. The molecule has 0 bridgehead atoms. The van der Waals surface area contributed by atoms with Crippen molar-refractivity contribution in [2.45, 2.75) is 20.1 Å². The first-order valence-corrected chi connectivity index (χ1v) is 13.7. The third-order valence-electron chi connectivity index (χ3n) is 6.57. The van der Waals surface area contributed by atoms with E-state index >= 15 is 0 Å². The van der Waals surface area contributed by atoms with Gasteiger partial charge >= 0.3 is 6.03 Å². The van der Waals surface area contributed by atoms with Gasteiger partial charge in [-0.3, -0.25) is 14.9 Å². The van der Waals surface area contributed by atoms with Gasteiger partial charge in [0.2, 0.25) is 0 Å². The SMILES string of the molecule is CCOc1ccc(N2C(=O)NC(=O)/C(=C\c3ccc(OCc4ccc(OCc5ccccc5)c(OC)c4)cc3)C2=O)cc1. The number of methoxy groups -OCH3 is 1. The number of ether oxygens (including phenoxy) is 4. The number of nitrogens with zero attached hydrogens (tertiary/aromatic N) is 1. The van der Waals surface area contributed by atoms with Crippen LogP contribution in [0.5, 0.6) is 23.0 Å². The van der Waals surface area contributed by atoms with E-state index < -0.39 is 17.8 Å². The first-order chi connectivity index (χ1) is 20.9. The maximum Gasteiger partial charge on any atom is 0.335 e. The van der Waals surface area contributed by atoms with Crippen LogP contribution >= 0.6 is 0 Å². The average molecular weight is 579 g/mol. The van der Waals surface area contributed by atoms with E-state index in [4.69, 9.17) is 18.9 Å². The molecule has 43 heavy (non-hydrogen) atoms. The molecule has 4 aromatic rings. The Morgan fingerprint density at radius 1 is 0.721 bits per heavy atom. The number of rotatable bonds is 11. The molecule has 1 fully saturated rings. The van der Waals surface area contributed by atoms with E-state index in [0.29, 0.717) is 47.5 Å². The van der Waals surface area contributed by atoms with Gasteiger partial charge in [-0.2, -0.15) is 0 Å². The second kappa shape index (κ2) is 13.4. The predicted molar refractivity (Wildman–Crippen MR) is 161 cm³/mol. The normalized spacial score (nSPS) is 14.0. The molecule has 1 saturated heterocycles. The van der Waals surface area contributed by atoms with Crippen molar-refractivity contribution in [3.05, 3.63) is 119 Å². The Bertz CT molecular complexity index is 1630. The lowest BCUT2D eigenvalue weighted by atomic mass is 10.1. The quantitative estimate of drug-likeness (QED) is 0.174. The number of hydrogen-bond donors (Lipinski definition) is 1. The van der Waals surface area contributed by atoms with E-state index in [1.807, 2.05) is 55.5 Å². The number of carbonyl (C=O) groups excluding carboxylic acids is 3. The van der Waals surface area contributed by atoms with Crippen LogP contribution in [0.2, 0.25) is 0 Å². The number of carbonyl (C=O) groups is 3. The number of barbiturate groups is 1. The van der Waals surface area contributed by atoms with Gasteiger partial charge in [0.05, 0.1) is 19.4 Å². The molecule has 0 atom stereocenters. The molecule has 4 amide bonds. The lowest BCUT2D eigenvalue weighted by molar-refractivity contribution is -0.122. The van der Waals surface area contributed by atoms with E-state index in [1.54, 1.807) is 55.6 Å². The molecule has 0 aromatic heterocycles. The van der Waals surface area contributed by atoms with Gasteiger partial charge in [0.1, 0.15) is 30.3 Å². The average Bonchev–Trinajstić information content (AvgIpc) is 3.03. The predicted octanol–water partition coefficient (Wildman–Crippen LogP) is 5.92. The Morgan fingerprint density at radius 2 is 1.40 bits per heavy atom. The molecule has 1 heterocycles. The molecule has 1 N–H and O–H groups in total. The standard InChI is InChI=1S/C34H30N2O7/c1-3-41-27-16-12-26(13-17-27)36-33(38)29(32(37)35-34(36)39)19-23-9-14-28(15-10-23)42-22-25-11-18-30(31(20-25)40-2)43-21-24-7-5-4-6-8-24/h4-20H,3,21-22H2,1-2H3,(H,35,37,39)/b29-19+. The van der Waals surface area contributed by atoms with E-state index in [-0.39, 0.29) is 12.2 Å². The number of benzene rings is 4. The summed E-state index contributed by atoms with van der Waals surface area (Å²) in [6.45, 7) is 3.06. The zero-order valence-electron chi connectivity index (χ0n) is 23.7. The summed E-state index contributed by atoms with van der Waals surface area (Å²) in [4.78, 5) is 39.1. The van der Waals surface area contributed by atoms with Gasteiger partial charge in [-0.1, -0.05) is 48.5 Å². The van der Waals surface area contributed by atoms with Gasteiger partial charge in [0.15, 0.2) is 11.5 Å². The van der Waals surface area contributed by atoms with Gasteiger partial charge in [-0.15, -0.1) is 0 Å². The monoisotopic (exact) mass is 578 g/mol. The molecule has 4 aromatic carbocycles. The summed E-state index contributed by atoms with van der Waals surface area (Å²) in [7, 11) is 1.59. The fraction of sp³-hybridized carbons (Fsp3) is 0.147. The Hall–Kier alpha value is -5.57. The maximum absolute atomic E-state index is 13.2. The van der Waals surface area contributed by atoms with Crippen molar-refractivity contribution < 1.29 is 33.3 Å². The number of urea groups is 1. The minimum atomic E-state index is -0.813. The summed E-state index contributed by atoms with van der Waals surface area (Å²) in [5.74, 6) is 0.959. The van der Waals surface area contributed by atoms with Crippen molar-refractivity contribution in [1.29, 1.82) is 0 Å². The van der Waals surface area contributed by atoms with Crippen molar-refractivity contribution in [3.63, 3.8) is 0 Å². The fourth-order valence-electron chi connectivity index (χ4n) is 4.40. The van der Waals surface area contributed by atoms with Crippen molar-refractivity contribution in [2.75, 3.05) is 18.6 Å². The van der Waals surface area contributed by atoms with E-state index in [2.05, 4.69) is 5.32 Å². The summed E-state index contributed by atoms with van der Waals surface area (Å²) >= 11 is 0. The fourth-order valence-corrected chi connectivity index (χ4v) is 4.40. The molecule has 1 aliphatic heterocycles. The topological polar surface area (TPSA) is 103 Å². The van der Waals surface area contributed by atoms with Gasteiger partial charge < -0.3 is 18.9 Å². The van der Waals surface area contributed by atoms with Crippen LogP contribution in [0.15, 0.2) is 103 Å². The van der Waals surface area contributed by atoms with Crippen LogP contribution in [0, 0.1) is 0 Å². The molecular weight excluding hydrogens is 548 g/mol. The van der Waals surface area contributed by atoms with Gasteiger partial charge in [0, 0.05) is 0 Å². The second-order valence-corrected chi connectivity index (χ2v) is 9.50. The zero-order valence-corrected chi connectivity index (χ0v) is 23.7. The summed E-state index contributed by atoms with van der Waals surface area (Å²) in [5.41, 5.74) is 2.69. The molecule has 1 aliphatic rings. The van der Waals surface area contributed by atoms with Gasteiger partial charge in [-0.05, 0) is 78.2 Å². The highest BCUT2D eigenvalue weighted by Gasteiger charge is 2.36. The molecule has 0 saturated carbocycles. The first kappa shape index (κ1) is 28.9. The number of hydrogen-bond acceptors (Lipinski definition) is 7. The summed E-state index contributed by atoms with van der Waals surface area (Å²) < 4.78 is 22.8. The molecular formula is C34H30N2O7. The van der Waals surface area contributed by atoms with E-state index in [0.717, 1.165) is 16.0 Å². The maximum atomic E-state index is 13.2. The summed E-state index contributed by atoms with van der Waals surface area (Å²) in [6.07, 6.45) is 1.44. The highest BCUT2D eigenvalue weighted by molar-refractivity contribution is 6.39. The van der Waals surface area contributed by atoms with Crippen LogP contribution in [-0.4, -0.2) is 31.6 Å². The summed E-state index contributed by atoms with van der Waals surface area (Å²) in [5, 5.41) is 2.23. The van der Waals surface area contributed by atoms with Crippen molar-refractivity contribution >= 4 is 29.6 Å². The first-order valence-electron chi connectivity index (χ1n) is 13.7. The van der Waals surface area contributed by atoms with Crippen molar-refractivity contribution in [3.8, 4) is 23.0 Å². The molecule has 9 heteroatoms. The third-order valence-corrected chi connectivity index (χ3v) is 6.57. The lowest BCUT2D eigenvalue weighted by Gasteiger charge is -2.26.